The largest absolute Gasteiger partial charge is 0.508 e. The number of hydrogen-bond donors (Lipinski definition) is 1. The number of phenolic OH excluding ortho intramolecular Hbond substituents is 1. The van der Waals surface area contributed by atoms with E-state index < -0.39 is 5.82 Å². The minimum atomic E-state index is -0.446. The lowest BCUT2D eigenvalue weighted by molar-refractivity contribution is 0.0987. The fourth-order valence-electron chi connectivity index (χ4n) is 1.89. The van der Waals surface area contributed by atoms with Crippen molar-refractivity contribution >= 4 is 11.6 Å². The summed E-state index contributed by atoms with van der Waals surface area (Å²) in [6.07, 6.45) is 0. The molecule has 0 aliphatic rings. The average Bonchev–Trinajstić information content (AvgIpc) is 2.41. The average molecular weight is 259 g/mol. The van der Waals surface area contributed by atoms with Crippen LogP contribution in [0, 0.1) is 5.82 Å². The van der Waals surface area contributed by atoms with Gasteiger partial charge in [0.2, 0.25) is 0 Å². The van der Waals surface area contributed by atoms with Crippen LogP contribution in [0.4, 0.5) is 10.1 Å². The lowest BCUT2D eigenvalue weighted by Gasteiger charge is -2.21. The van der Waals surface area contributed by atoms with Gasteiger partial charge in [0.05, 0.1) is 5.69 Å². The van der Waals surface area contributed by atoms with Crippen LogP contribution < -0.4 is 4.90 Å². The lowest BCUT2D eigenvalue weighted by Crippen LogP contribution is -2.31. The van der Waals surface area contributed by atoms with Crippen LogP contribution >= 0.6 is 0 Å². The molecule has 4 heteroatoms. The molecule has 1 N–H and O–H groups in total. The zero-order valence-corrected chi connectivity index (χ0v) is 10.5. The van der Waals surface area contributed by atoms with Gasteiger partial charge >= 0.3 is 0 Å². The number of aromatic hydroxyl groups is 1. The highest BCUT2D eigenvalue weighted by Crippen LogP contribution is 2.21. The molecule has 0 aromatic heterocycles. The van der Waals surface area contributed by atoms with Crippen molar-refractivity contribution in [1.29, 1.82) is 0 Å². The van der Waals surface area contributed by atoms with E-state index in [1.54, 1.807) is 37.3 Å². The summed E-state index contributed by atoms with van der Waals surface area (Å²) in [6, 6.07) is 12.1. The Labute approximate surface area is 110 Å². The maximum absolute atomic E-state index is 13.7. The second kappa shape index (κ2) is 5.52. The minimum Gasteiger partial charge on any atom is -0.508 e. The second-order valence-corrected chi connectivity index (χ2v) is 4.05. The van der Waals surface area contributed by atoms with Crippen LogP contribution in [0.3, 0.4) is 0 Å². The number of nitrogens with zero attached hydrogens (tertiary/aromatic N) is 1. The number of hydrogen-bond acceptors (Lipinski definition) is 2. The number of halogens is 1. The highest BCUT2D eigenvalue weighted by Gasteiger charge is 2.18. The summed E-state index contributed by atoms with van der Waals surface area (Å²) in [4.78, 5) is 13.7. The maximum atomic E-state index is 13.7. The second-order valence-electron chi connectivity index (χ2n) is 4.05. The summed E-state index contributed by atoms with van der Waals surface area (Å²) in [5.74, 6) is -0.781. The summed E-state index contributed by atoms with van der Waals surface area (Å²) in [5.41, 5.74) is 0.559. The highest BCUT2D eigenvalue weighted by atomic mass is 19.1. The number of carbonyl (C=O) groups excluding carboxylic acids is 1. The molecular weight excluding hydrogens is 245 g/mol. The standard InChI is InChI=1S/C15H14FNO2/c1-2-17(14-9-4-3-8-13(14)16)15(19)11-6-5-7-12(18)10-11/h3-10,18H,2H2,1H3. The molecule has 0 saturated carbocycles. The third kappa shape index (κ3) is 2.73. The van der Waals surface area contributed by atoms with Crippen LogP contribution in [0.25, 0.3) is 0 Å². The highest BCUT2D eigenvalue weighted by molar-refractivity contribution is 6.06. The summed E-state index contributed by atoms with van der Waals surface area (Å²) < 4.78 is 13.7. The Kier molecular flexibility index (Phi) is 3.80. The molecular formula is C15H14FNO2. The van der Waals surface area contributed by atoms with Crippen LogP contribution in [-0.2, 0) is 0 Å². The van der Waals surface area contributed by atoms with Crippen LogP contribution in [-0.4, -0.2) is 17.6 Å². The van der Waals surface area contributed by atoms with Crippen molar-refractivity contribution in [2.75, 3.05) is 11.4 Å². The predicted octanol–water partition coefficient (Wildman–Crippen LogP) is 3.20. The third-order valence-electron chi connectivity index (χ3n) is 2.80. The number of para-hydroxylation sites is 1. The van der Waals surface area contributed by atoms with E-state index in [-0.39, 0.29) is 17.3 Å². The molecule has 0 spiro atoms. The van der Waals surface area contributed by atoms with Crippen LogP contribution in [0.2, 0.25) is 0 Å². The topological polar surface area (TPSA) is 40.5 Å². The van der Waals surface area contributed by atoms with E-state index >= 15 is 0 Å². The fraction of sp³-hybridized carbons (Fsp3) is 0.133. The molecule has 2 rings (SSSR count). The molecule has 0 atom stereocenters. The third-order valence-corrected chi connectivity index (χ3v) is 2.80. The Hall–Kier alpha value is -2.36. The van der Waals surface area contributed by atoms with Crippen molar-refractivity contribution in [2.45, 2.75) is 6.92 Å². The number of phenols is 1. The Morgan fingerprint density at radius 2 is 1.95 bits per heavy atom. The molecule has 2 aromatic carbocycles. The monoisotopic (exact) mass is 259 g/mol. The van der Waals surface area contributed by atoms with Gasteiger partial charge in [0.15, 0.2) is 0 Å². The first-order valence-electron chi connectivity index (χ1n) is 5.99. The van der Waals surface area contributed by atoms with Crippen molar-refractivity contribution in [1.82, 2.24) is 0 Å². The van der Waals surface area contributed by atoms with Gasteiger partial charge in [-0.25, -0.2) is 4.39 Å². The van der Waals surface area contributed by atoms with Crippen molar-refractivity contribution in [3.8, 4) is 5.75 Å². The number of rotatable bonds is 3. The molecule has 0 saturated heterocycles. The molecule has 2 aromatic rings. The first-order chi connectivity index (χ1) is 9.13. The SMILES string of the molecule is CCN(C(=O)c1cccc(O)c1)c1ccccc1F. The van der Waals surface area contributed by atoms with Crippen molar-refractivity contribution < 1.29 is 14.3 Å². The fourth-order valence-corrected chi connectivity index (χ4v) is 1.89. The molecule has 0 unspecified atom stereocenters. The first-order valence-corrected chi connectivity index (χ1v) is 5.99. The van der Waals surface area contributed by atoms with Crippen LogP contribution in [0.5, 0.6) is 5.75 Å². The van der Waals surface area contributed by atoms with Crippen molar-refractivity contribution in [3.63, 3.8) is 0 Å². The van der Waals surface area contributed by atoms with Gasteiger partial charge < -0.3 is 10.0 Å². The summed E-state index contributed by atoms with van der Waals surface area (Å²) in [7, 11) is 0. The molecule has 0 fully saturated rings. The molecule has 19 heavy (non-hydrogen) atoms. The predicted molar refractivity (Wildman–Crippen MR) is 71.9 cm³/mol. The van der Waals surface area contributed by atoms with E-state index in [4.69, 9.17) is 0 Å². The van der Waals surface area contributed by atoms with Crippen LogP contribution in [0.15, 0.2) is 48.5 Å². The minimum absolute atomic E-state index is 0.00966. The van der Waals surface area contributed by atoms with Gasteiger partial charge in [-0.15, -0.1) is 0 Å². The Morgan fingerprint density at radius 1 is 1.21 bits per heavy atom. The molecule has 0 heterocycles. The van der Waals surface area contributed by atoms with Gasteiger partial charge in [0.25, 0.3) is 5.91 Å². The van der Waals surface area contributed by atoms with E-state index in [1.807, 2.05) is 0 Å². The number of amides is 1. The Bertz CT molecular complexity index is 598. The smallest absolute Gasteiger partial charge is 0.258 e. The van der Waals surface area contributed by atoms with Gasteiger partial charge in [-0.2, -0.15) is 0 Å². The van der Waals surface area contributed by atoms with Gasteiger partial charge in [0.1, 0.15) is 11.6 Å². The Morgan fingerprint density at radius 3 is 2.58 bits per heavy atom. The van der Waals surface area contributed by atoms with E-state index in [2.05, 4.69) is 0 Å². The van der Waals surface area contributed by atoms with E-state index in [9.17, 15) is 14.3 Å². The molecule has 3 nitrogen and oxygen atoms in total. The lowest BCUT2D eigenvalue weighted by atomic mass is 10.1. The quantitative estimate of drug-likeness (QED) is 0.919. The van der Waals surface area contributed by atoms with Crippen molar-refractivity contribution in [2.24, 2.45) is 0 Å². The maximum Gasteiger partial charge on any atom is 0.258 e. The van der Waals surface area contributed by atoms with Crippen molar-refractivity contribution in [3.05, 3.63) is 59.9 Å². The molecule has 98 valence electrons. The van der Waals surface area contributed by atoms with Gasteiger partial charge in [-0.3, -0.25) is 4.79 Å². The van der Waals surface area contributed by atoms with E-state index in [0.717, 1.165) is 0 Å². The van der Waals surface area contributed by atoms with Gasteiger partial charge in [-0.05, 0) is 37.3 Å². The molecule has 0 bridgehead atoms. The van der Waals surface area contributed by atoms with Crippen LogP contribution in [0.1, 0.15) is 17.3 Å². The molecule has 0 aliphatic heterocycles. The zero-order valence-electron chi connectivity index (χ0n) is 10.5. The zero-order chi connectivity index (χ0) is 13.8. The molecule has 0 radical (unpaired) electrons. The number of carbonyl (C=O) groups is 1. The summed E-state index contributed by atoms with van der Waals surface area (Å²) in [6.45, 7) is 2.11. The van der Waals surface area contributed by atoms with Gasteiger partial charge in [0, 0.05) is 12.1 Å². The number of anilines is 1. The van der Waals surface area contributed by atoms with Gasteiger partial charge in [-0.1, -0.05) is 18.2 Å². The first kappa shape index (κ1) is 13.1. The summed E-state index contributed by atoms with van der Waals surface area (Å²) >= 11 is 0. The molecule has 0 aliphatic carbocycles. The molecule has 1 amide bonds. The summed E-state index contributed by atoms with van der Waals surface area (Å²) in [5, 5.41) is 9.40. The van der Waals surface area contributed by atoms with E-state index in [1.165, 1.54) is 23.1 Å². The van der Waals surface area contributed by atoms with E-state index in [0.29, 0.717) is 12.1 Å². The number of benzene rings is 2. The normalized spacial score (nSPS) is 10.2. The Balaban J connectivity index is 2.38.